The Morgan fingerprint density at radius 1 is 0.903 bits per heavy atom. The van der Waals surface area contributed by atoms with Crippen LogP contribution < -0.4 is 0 Å². The summed E-state index contributed by atoms with van der Waals surface area (Å²) >= 11 is 0. The first-order valence-corrected chi connectivity index (χ1v) is 12.4. The van der Waals surface area contributed by atoms with Crippen molar-refractivity contribution in [1.29, 1.82) is 0 Å². The average Bonchev–Trinajstić information content (AvgIpc) is 2.72. The molecule has 2 amide bonds. The predicted molar refractivity (Wildman–Crippen MR) is 123 cm³/mol. The zero-order chi connectivity index (χ0) is 22.4. The van der Waals surface area contributed by atoms with Crippen molar-refractivity contribution >= 4 is 12.0 Å². The zero-order valence-corrected chi connectivity index (χ0v) is 20.3. The third-order valence-electron chi connectivity index (χ3n) is 6.97. The summed E-state index contributed by atoms with van der Waals surface area (Å²) < 4.78 is 5.55. The molecule has 0 aromatic rings. The quantitative estimate of drug-likeness (QED) is 0.663. The highest BCUT2D eigenvalue weighted by Crippen LogP contribution is 2.22. The number of piperazine rings is 1. The molecule has 3 heterocycles. The van der Waals surface area contributed by atoms with Gasteiger partial charge in [0.25, 0.3) is 0 Å². The van der Waals surface area contributed by atoms with Crippen LogP contribution in [0, 0.1) is 5.92 Å². The summed E-state index contributed by atoms with van der Waals surface area (Å²) in [5, 5.41) is 0. The van der Waals surface area contributed by atoms with Gasteiger partial charge < -0.3 is 19.4 Å². The summed E-state index contributed by atoms with van der Waals surface area (Å²) in [6.45, 7) is 16.2. The molecular formula is C24H44N4O3. The largest absolute Gasteiger partial charge is 0.444 e. The minimum atomic E-state index is -0.433. The predicted octanol–water partition coefficient (Wildman–Crippen LogP) is 3.04. The van der Waals surface area contributed by atoms with E-state index in [1.54, 1.807) is 0 Å². The topological polar surface area (TPSA) is 56.3 Å². The van der Waals surface area contributed by atoms with Crippen LogP contribution in [0.1, 0.15) is 66.2 Å². The Kier molecular flexibility index (Phi) is 8.62. The van der Waals surface area contributed by atoms with E-state index < -0.39 is 5.60 Å². The Morgan fingerprint density at radius 2 is 1.61 bits per heavy atom. The fraction of sp³-hybridized carbons (Fsp3) is 0.917. The number of hydrogen-bond donors (Lipinski definition) is 0. The summed E-state index contributed by atoms with van der Waals surface area (Å²) in [7, 11) is 0. The molecule has 7 nitrogen and oxygen atoms in total. The second kappa shape index (κ2) is 11.0. The molecule has 31 heavy (non-hydrogen) atoms. The highest BCUT2D eigenvalue weighted by Gasteiger charge is 2.29. The summed E-state index contributed by atoms with van der Waals surface area (Å²) in [6, 6.07) is 0.401. The number of nitrogens with zero attached hydrogens (tertiary/aromatic N) is 4. The molecule has 178 valence electrons. The number of rotatable bonds is 5. The van der Waals surface area contributed by atoms with E-state index in [2.05, 4.69) is 21.6 Å². The molecule has 0 saturated carbocycles. The molecule has 0 aromatic heterocycles. The monoisotopic (exact) mass is 436 g/mol. The van der Waals surface area contributed by atoms with Crippen LogP contribution in [0.3, 0.4) is 0 Å². The van der Waals surface area contributed by atoms with Gasteiger partial charge in [-0.15, -0.1) is 0 Å². The van der Waals surface area contributed by atoms with E-state index in [1.807, 2.05) is 25.7 Å². The number of likely N-dealkylation sites (tertiary alicyclic amines) is 2. The molecule has 7 heteroatoms. The number of piperidine rings is 2. The fourth-order valence-electron chi connectivity index (χ4n) is 5.08. The Hall–Kier alpha value is -1.34. The van der Waals surface area contributed by atoms with E-state index in [9.17, 15) is 9.59 Å². The molecule has 3 fully saturated rings. The van der Waals surface area contributed by atoms with E-state index >= 15 is 0 Å². The van der Waals surface area contributed by atoms with Crippen molar-refractivity contribution in [3.63, 3.8) is 0 Å². The molecular weight excluding hydrogens is 392 g/mol. The molecule has 3 aliphatic rings. The van der Waals surface area contributed by atoms with Gasteiger partial charge in [0, 0.05) is 51.9 Å². The van der Waals surface area contributed by atoms with Crippen molar-refractivity contribution in [2.45, 2.75) is 77.9 Å². The third-order valence-corrected chi connectivity index (χ3v) is 6.97. The van der Waals surface area contributed by atoms with Gasteiger partial charge in [0.05, 0.1) is 6.54 Å². The van der Waals surface area contributed by atoms with Crippen molar-refractivity contribution in [2.24, 2.45) is 5.92 Å². The normalized spacial score (nSPS) is 26.7. The van der Waals surface area contributed by atoms with Crippen LogP contribution in [0.15, 0.2) is 0 Å². The number of carbonyl (C=O) groups excluding carboxylic acids is 2. The van der Waals surface area contributed by atoms with E-state index in [1.165, 1.54) is 12.8 Å². The number of hydrogen-bond acceptors (Lipinski definition) is 5. The van der Waals surface area contributed by atoms with Gasteiger partial charge in [-0.25, -0.2) is 4.79 Å². The summed E-state index contributed by atoms with van der Waals surface area (Å²) in [5.41, 5.74) is -0.433. The van der Waals surface area contributed by atoms with Crippen molar-refractivity contribution in [2.75, 3.05) is 58.9 Å². The van der Waals surface area contributed by atoms with Crippen LogP contribution in [0.2, 0.25) is 0 Å². The molecule has 0 bridgehead atoms. The van der Waals surface area contributed by atoms with E-state index in [4.69, 9.17) is 4.74 Å². The van der Waals surface area contributed by atoms with Gasteiger partial charge >= 0.3 is 6.09 Å². The van der Waals surface area contributed by atoms with Gasteiger partial charge in [-0.1, -0.05) is 0 Å². The summed E-state index contributed by atoms with van der Waals surface area (Å²) in [4.78, 5) is 33.9. The van der Waals surface area contributed by atoms with E-state index in [-0.39, 0.29) is 6.09 Å². The smallest absolute Gasteiger partial charge is 0.410 e. The SMILES string of the molecule is C[C@H]1CCCCN1C(=O)CN1CCN(CC[C@@H]2CCCN(C(=O)OC(C)(C)C)C2)CC1. The van der Waals surface area contributed by atoms with Gasteiger partial charge in [-0.3, -0.25) is 9.69 Å². The second-order valence-electron chi connectivity index (χ2n) is 10.8. The molecule has 0 N–H and O–H groups in total. The van der Waals surface area contributed by atoms with Crippen LogP contribution in [-0.2, 0) is 9.53 Å². The lowest BCUT2D eigenvalue weighted by Gasteiger charge is -2.39. The maximum Gasteiger partial charge on any atom is 0.410 e. The molecule has 3 saturated heterocycles. The van der Waals surface area contributed by atoms with Crippen LogP contribution in [0.25, 0.3) is 0 Å². The number of ether oxygens (including phenoxy) is 1. The Morgan fingerprint density at radius 3 is 2.29 bits per heavy atom. The maximum atomic E-state index is 12.7. The fourth-order valence-corrected chi connectivity index (χ4v) is 5.08. The van der Waals surface area contributed by atoms with Gasteiger partial charge in [-0.05, 0) is 78.7 Å². The molecule has 2 atom stereocenters. The molecule has 3 rings (SSSR count). The first-order valence-electron chi connectivity index (χ1n) is 12.4. The minimum Gasteiger partial charge on any atom is -0.444 e. The van der Waals surface area contributed by atoms with Crippen LogP contribution in [-0.4, -0.2) is 102 Å². The highest BCUT2D eigenvalue weighted by molar-refractivity contribution is 5.78. The molecule has 0 unspecified atom stereocenters. The number of carbonyl (C=O) groups is 2. The maximum absolute atomic E-state index is 12.7. The molecule has 3 aliphatic heterocycles. The summed E-state index contributed by atoms with van der Waals surface area (Å²) in [6.07, 6.45) is 6.77. The van der Waals surface area contributed by atoms with Crippen molar-refractivity contribution in [3.05, 3.63) is 0 Å². The molecule has 0 radical (unpaired) electrons. The Balaban J connectivity index is 1.34. The lowest BCUT2D eigenvalue weighted by Crippen LogP contribution is -2.52. The lowest BCUT2D eigenvalue weighted by molar-refractivity contribution is -0.136. The lowest BCUT2D eigenvalue weighted by atomic mass is 9.94. The van der Waals surface area contributed by atoms with E-state index in [0.29, 0.717) is 24.4 Å². The van der Waals surface area contributed by atoms with Crippen molar-refractivity contribution in [1.82, 2.24) is 19.6 Å². The Bertz CT molecular complexity index is 598. The third kappa shape index (κ3) is 7.63. The molecule has 0 aromatic carbocycles. The minimum absolute atomic E-state index is 0.168. The first-order chi connectivity index (χ1) is 14.7. The summed E-state index contributed by atoms with van der Waals surface area (Å²) in [5.74, 6) is 0.867. The zero-order valence-electron chi connectivity index (χ0n) is 20.3. The van der Waals surface area contributed by atoms with Gasteiger partial charge in [0.15, 0.2) is 0 Å². The van der Waals surface area contributed by atoms with Gasteiger partial charge in [0.2, 0.25) is 5.91 Å². The van der Waals surface area contributed by atoms with Crippen LogP contribution >= 0.6 is 0 Å². The van der Waals surface area contributed by atoms with Crippen molar-refractivity contribution in [3.8, 4) is 0 Å². The van der Waals surface area contributed by atoms with Gasteiger partial charge in [-0.2, -0.15) is 0 Å². The second-order valence-corrected chi connectivity index (χ2v) is 10.8. The molecule has 0 spiro atoms. The first kappa shape index (κ1) is 24.3. The number of amides is 2. The van der Waals surface area contributed by atoms with Gasteiger partial charge in [0.1, 0.15) is 5.60 Å². The van der Waals surface area contributed by atoms with Crippen LogP contribution in [0.4, 0.5) is 4.79 Å². The standard InChI is InChI=1S/C24H44N4O3/c1-20-8-5-6-12-28(20)22(29)19-26-16-14-25(15-17-26)13-10-21-9-7-11-27(18-21)23(30)31-24(2,3)4/h20-21H,5-19H2,1-4H3/t20-,21-/m0/s1. The average molecular weight is 437 g/mol. The van der Waals surface area contributed by atoms with E-state index in [0.717, 1.165) is 78.0 Å². The van der Waals surface area contributed by atoms with Crippen molar-refractivity contribution < 1.29 is 14.3 Å². The molecule has 0 aliphatic carbocycles. The van der Waals surface area contributed by atoms with Crippen LogP contribution in [0.5, 0.6) is 0 Å². The Labute approximate surface area is 189 Å². The highest BCUT2D eigenvalue weighted by atomic mass is 16.6.